The van der Waals surface area contributed by atoms with Crippen molar-refractivity contribution >= 4 is 75.1 Å². The van der Waals surface area contributed by atoms with Gasteiger partial charge in [0.15, 0.2) is 18.2 Å². The molecule has 2 aromatic heterocycles. The number of ketones is 2. The maximum atomic E-state index is 13.0. The summed E-state index contributed by atoms with van der Waals surface area (Å²) >= 11 is 9.18. The van der Waals surface area contributed by atoms with Gasteiger partial charge in [-0.1, -0.05) is 48.0 Å². The van der Waals surface area contributed by atoms with Crippen LogP contribution >= 0.6 is 34.3 Å². The minimum absolute atomic E-state index is 0.0887. The molecule has 0 aliphatic heterocycles. The lowest BCUT2D eigenvalue weighted by Gasteiger charge is -2.19. The molecule has 2 heterocycles. The Balaban J connectivity index is 1.32. The molecule has 0 unspecified atom stereocenters. The van der Waals surface area contributed by atoms with Crippen LogP contribution in [0.2, 0.25) is 5.02 Å². The zero-order valence-electron chi connectivity index (χ0n) is 18.4. The monoisotopic (exact) mass is 533 g/mol. The van der Waals surface area contributed by atoms with Crippen molar-refractivity contribution in [3.8, 4) is 0 Å². The molecule has 4 aromatic rings. The van der Waals surface area contributed by atoms with Crippen LogP contribution in [0.1, 0.15) is 41.6 Å². The predicted molar refractivity (Wildman–Crippen MR) is 141 cm³/mol. The van der Waals surface area contributed by atoms with Crippen molar-refractivity contribution in [3.63, 3.8) is 0 Å². The quantitative estimate of drug-likeness (QED) is 0.215. The van der Waals surface area contributed by atoms with E-state index >= 15 is 0 Å². The Morgan fingerprint density at radius 1 is 0.861 bits per heavy atom. The van der Waals surface area contributed by atoms with E-state index in [0.29, 0.717) is 16.7 Å². The van der Waals surface area contributed by atoms with E-state index in [4.69, 9.17) is 16.3 Å². The Bertz CT molecular complexity index is 1540. The number of thiophene rings is 2. The van der Waals surface area contributed by atoms with Gasteiger partial charge in [0.25, 0.3) is 5.91 Å². The summed E-state index contributed by atoms with van der Waals surface area (Å²) in [4.78, 5) is 52.8. The molecule has 0 bridgehead atoms. The minimum Gasteiger partial charge on any atom is -0.452 e. The second kappa shape index (κ2) is 10.0. The number of benzene rings is 2. The predicted octanol–water partition coefficient (Wildman–Crippen LogP) is 5.96. The van der Waals surface area contributed by atoms with Crippen molar-refractivity contribution in [3.05, 3.63) is 108 Å². The molecule has 0 fully saturated rings. The lowest BCUT2D eigenvalue weighted by atomic mass is 9.84. The number of hydrogen-bond acceptors (Lipinski definition) is 7. The zero-order valence-corrected chi connectivity index (χ0v) is 20.8. The van der Waals surface area contributed by atoms with Crippen molar-refractivity contribution in [1.82, 2.24) is 0 Å². The Morgan fingerprint density at radius 2 is 1.53 bits per heavy atom. The normalized spacial score (nSPS) is 12.6. The molecule has 0 radical (unpaired) electrons. The molecule has 1 N–H and O–H groups in total. The van der Waals surface area contributed by atoms with Crippen molar-refractivity contribution in [2.45, 2.75) is 0 Å². The van der Waals surface area contributed by atoms with Crippen LogP contribution in [0.5, 0.6) is 0 Å². The highest BCUT2D eigenvalue weighted by molar-refractivity contribution is 7.12. The number of ether oxygens (including phenoxy) is 1. The maximum absolute atomic E-state index is 13.0. The number of hydrogen-bond donors (Lipinski definition) is 1. The number of esters is 1. The van der Waals surface area contributed by atoms with Crippen LogP contribution in [0.4, 0.5) is 5.69 Å². The van der Waals surface area contributed by atoms with E-state index in [2.05, 4.69) is 5.32 Å². The fraction of sp³-hybridized carbons (Fsp3) is 0.0370. The van der Waals surface area contributed by atoms with Gasteiger partial charge in [-0.25, -0.2) is 4.79 Å². The van der Waals surface area contributed by atoms with Gasteiger partial charge in [0, 0.05) is 32.0 Å². The van der Waals surface area contributed by atoms with Crippen molar-refractivity contribution < 1.29 is 23.9 Å². The number of carbonyl (C=O) groups is 4. The second-order valence-electron chi connectivity index (χ2n) is 7.76. The Labute approximate surface area is 218 Å². The average molecular weight is 534 g/mol. The van der Waals surface area contributed by atoms with Gasteiger partial charge in [0.1, 0.15) is 0 Å². The molecule has 0 atom stereocenters. The van der Waals surface area contributed by atoms with Crippen molar-refractivity contribution in [2.75, 3.05) is 11.9 Å². The molecule has 0 saturated carbocycles. The molecule has 2 aromatic carbocycles. The minimum atomic E-state index is -0.644. The number of nitrogens with one attached hydrogen (secondary N) is 1. The molecule has 1 aliphatic carbocycles. The van der Waals surface area contributed by atoms with Crippen LogP contribution < -0.4 is 5.32 Å². The van der Waals surface area contributed by atoms with E-state index in [-0.39, 0.29) is 33.4 Å². The lowest BCUT2D eigenvalue weighted by Crippen LogP contribution is -2.23. The van der Waals surface area contributed by atoms with E-state index in [0.717, 1.165) is 9.75 Å². The fourth-order valence-corrected chi connectivity index (χ4v) is 5.39. The summed E-state index contributed by atoms with van der Waals surface area (Å²) in [7, 11) is 0. The van der Waals surface area contributed by atoms with Gasteiger partial charge in [-0.05, 0) is 41.1 Å². The molecule has 5 rings (SSSR count). The van der Waals surface area contributed by atoms with E-state index in [1.165, 1.54) is 34.8 Å². The van der Waals surface area contributed by atoms with E-state index in [9.17, 15) is 19.2 Å². The first-order valence-electron chi connectivity index (χ1n) is 10.7. The number of anilines is 1. The standard InChI is InChI=1S/C27H16ClNO5S2/c28-21-12-18-19(26(32)17-7-2-1-6-16(17)25(18)31)13-22(21)29-24(30)14-34-27(33)20(23-8-4-10-36-23)11-15-5-3-9-35-15/h1-13H,14H2,(H,29,30). The highest BCUT2D eigenvalue weighted by Crippen LogP contribution is 2.33. The van der Waals surface area contributed by atoms with Crippen LogP contribution in [0.15, 0.2) is 71.4 Å². The third kappa shape index (κ3) is 4.66. The van der Waals surface area contributed by atoms with E-state index in [1.807, 2.05) is 29.0 Å². The lowest BCUT2D eigenvalue weighted by molar-refractivity contribution is -0.141. The van der Waals surface area contributed by atoms with Gasteiger partial charge in [-0.15, -0.1) is 22.7 Å². The molecular formula is C27H16ClNO5S2. The van der Waals surface area contributed by atoms with Gasteiger partial charge < -0.3 is 10.1 Å². The number of amides is 1. The molecule has 0 saturated heterocycles. The summed E-state index contributed by atoms with van der Waals surface area (Å²) in [6.07, 6.45) is 1.72. The molecular weight excluding hydrogens is 518 g/mol. The summed E-state index contributed by atoms with van der Waals surface area (Å²) in [6.45, 7) is -0.560. The molecule has 178 valence electrons. The molecule has 0 spiro atoms. The van der Waals surface area contributed by atoms with Crippen LogP contribution in [0.25, 0.3) is 11.6 Å². The van der Waals surface area contributed by atoms with Crippen LogP contribution in [0.3, 0.4) is 0 Å². The number of halogens is 1. The molecule has 1 aliphatic rings. The summed E-state index contributed by atoms with van der Waals surface area (Å²) in [6, 6.07) is 16.7. The first-order chi connectivity index (χ1) is 17.4. The second-order valence-corrected chi connectivity index (χ2v) is 10.1. The molecule has 6 nitrogen and oxygen atoms in total. The number of carbonyl (C=O) groups excluding carboxylic acids is 4. The summed E-state index contributed by atoms with van der Waals surface area (Å²) < 4.78 is 5.28. The summed E-state index contributed by atoms with van der Waals surface area (Å²) in [5, 5.41) is 6.40. The molecule has 1 amide bonds. The molecule has 9 heteroatoms. The van der Waals surface area contributed by atoms with Gasteiger partial charge >= 0.3 is 5.97 Å². The van der Waals surface area contributed by atoms with Crippen molar-refractivity contribution in [1.29, 1.82) is 0 Å². The number of fused-ring (bicyclic) bond motifs is 2. The Hall–Kier alpha value is -3.85. The Kier molecular flexibility index (Phi) is 6.65. The maximum Gasteiger partial charge on any atom is 0.340 e. The first kappa shape index (κ1) is 23.9. The summed E-state index contributed by atoms with van der Waals surface area (Å²) in [5.74, 6) is -1.93. The largest absolute Gasteiger partial charge is 0.452 e. The van der Waals surface area contributed by atoms with Crippen LogP contribution in [-0.4, -0.2) is 30.0 Å². The van der Waals surface area contributed by atoms with Gasteiger partial charge in [-0.3, -0.25) is 14.4 Å². The number of rotatable bonds is 6. The van der Waals surface area contributed by atoms with Crippen LogP contribution in [0, 0.1) is 0 Å². The van der Waals surface area contributed by atoms with Gasteiger partial charge in [0.05, 0.1) is 16.3 Å². The molecule has 36 heavy (non-hydrogen) atoms. The van der Waals surface area contributed by atoms with Gasteiger partial charge in [0.2, 0.25) is 0 Å². The Morgan fingerprint density at radius 3 is 2.17 bits per heavy atom. The van der Waals surface area contributed by atoms with E-state index < -0.39 is 18.5 Å². The first-order valence-corrected chi connectivity index (χ1v) is 12.8. The average Bonchev–Trinajstić information content (AvgIpc) is 3.60. The highest BCUT2D eigenvalue weighted by atomic mass is 35.5. The van der Waals surface area contributed by atoms with Gasteiger partial charge in [-0.2, -0.15) is 0 Å². The topological polar surface area (TPSA) is 89.5 Å². The summed E-state index contributed by atoms with van der Waals surface area (Å²) in [5.41, 5.74) is 1.41. The fourth-order valence-electron chi connectivity index (χ4n) is 3.79. The third-order valence-electron chi connectivity index (χ3n) is 5.46. The third-order valence-corrected chi connectivity index (χ3v) is 7.49. The zero-order chi connectivity index (χ0) is 25.2. The van der Waals surface area contributed by atoms with Crippen molar-refractivity contribution in [2.24, 2.45) is 0 Å². The highest BCUT2D eigenvalue weighted by Gasteiger charge is 2.30. The van der Waals surface area contributed by atoms with Crippen LogP contribution in [-0.2, 0) is 14.3 Å². The smallest absolute Gasteiger partial charge is 0.340 e. The van der Waals surface area contributed by atoms with E-state index in [1.54, 1.807) is 36.4 Å². The SMILES string of the molecule is O=C(COC(=O)C(=Cc1cccs1)c1cccs1)Nc1cc2c(cc1Cl)C(=O)c1ccccc1C2=O.